The van der Waals surface area contributed by atoms with Crippen LogP contribution in [0.3, 0.4) is 0 Å². The highest BCUT2D eigenvalue weighted by atomic mass is 32.2. The number of aromatic hydroxyl groups is 1. The van der Waals surface area contributed by atoms with E-state index in [-0.39, 0.29) is 41.2 Å². The maximum absolute atomic E-state index is 14.3. The van der Waals surface area contributed by atoms with Crippen molar-refractivity contribution in [3.63, 3.8) is 0 Å². The molecule has 5 aromatic rings. The fourth-order valence-electron chi connectivity index (χ4n) is 8.17. The number of hydrogen-bond acceptors (Lipinski definition) is 17. The topological polar surface area (TPSA) is 223 Å². The van der Waals surface area contributed by atoms with Gasteiger partial charge in [0.15, 0.2) is 22.3 Å². The van der Waals surface area contributed by atoms with Gasteiger partial charge in [-0.2, -0.15) is 0 Å². The molecule has 3 heterocycles. The van der Waals surface area contributed by atoms with E-state index in [1.54, 1.807) is 92.2 Å². The minimum atomic E-state index is -1.68. The summed E-state index contributed by atoms with van der Waals surface area (Å²) in [6, 6.07) is 26.9. The quantitative estimate of drug-likeness (QED) is 0.0155. The summed E-state index contributed by atoms with van der Waals surface area (Å²) in [4.78, 5) is 80.0. The van der Waals surface area contributed by atoms with Crippen molar-refractivity contribution in [1.82, 2.24) is 15.2 Å². The third-order valence-corrected chi connectivity index (χ3v) is 14.1. The molecule has 1 saturated heterocycles. The van der Waals surface area contributed by atoms with Crippen LogP contribution in [0.15, 0.2) is 119 Å². The van der Waals surface area contributed by atoms with Gasteiger partial charge in [0.25, 0.3) is 11.8 Å². The summed E-state index contributed by atoms with van der Waals surface area (Å²) in [5.41, 5.74) is 1.32. The zero-order chi connectivity index (χ0) is 58.2. The monoisotopic (exact) mass is 1130 g/mol. The molecule has 0 radical (unpaired) electrons. The molecule has 1 aromatic heterocycles. The van der Waals surface area contributed by atoms with Gasteiger partial charge in [-0.1, -0.05) is 65.8 Å². The van der Waals surface area contributed by atoms with Gasteiger partial charge in [-0.15, -0.1) is 23.1 Å². The van der Waals surface area contributed by atoms with Crippen molar-refractivity contribution in [3.05, 3.63) is 147 Å². The number of rotatable bonds is 21. The number of anilines is 1. The number of aromatic nitrogens is 1. The number of allylic oxidation sites excluding steroid dienone is 1. The molecule has 2 aliphatic heterocycles. The van der Waals surface area contributed by atoms with E-state index in [9.17, 15) is 29.1 Å². The predicted molar refractivity (Wildman–Crippen MR) is 305 cm³/mol. The van der Waals surface area contributed by atoms with Crippen molar-refractivity contribution in [3.8, 4) is 23.0 Å². The lowest BCUT2D eigenvalue weighted by Crippen LogP contribution is -2.71. The number of benzene rings is 4. The zero-order valence-electron chi connectivity index (χ0n) is 47.0. The first-order chi connectivity index (χ1) is 37.7. The average Bonchev–Trinajstić information content (AvgIpc) is 3.99. The summed E-state index contributed by atoms with van der Waals surface area (Å²) in [5.74, 6) is -0.865. The zero-order valence-corrected chi connectivity index (χ0v) is 48.7. The van der Waals surface area contributed by atoms with Crippen LogP contribution in [0.1, 0.15) is 88.9 Å². The summed E-state index contributed by atoms with van der Waals surface area (Å²) in [7, 11) is 7.42. The Morgan fingerprint density at radius 2 is 1.38 bits per heavy atom. The number of amides is 3. The fraction of sp³-hybridized carbons (Fsp3) is 0.373. The summed E-state index contributed by atoms with van der Waals surface area (Å²) in [6.45, 7) is 14.6. The number of phenolic OH excluding ortho intramolecular Hbond substituents is 1. The Morgan fingerprint density at radius 3 is 1.99 bits per heavy atom. The van der Waals surface area contributed by atoms with Crippen LogP contribution >= 0.6 is 23.1 Å². The minimum Gasteiger partial charge on any atom is -0.504 e. The largest absolute Gasteiger partial charge is 0.504 e. The van der Waals surface area contributed by atoms with Crippen molar-refractivity contribution < 1.29 is 66.8 Å². The molecule has 2 aliphatic rings. The molecule has 7 rings (SSSR count). The smallest absolute Gasteiger partial charge is 0.413 e. The van der Waals surface area contributed by atoms with Gasteiger partial charge in [0.2, 0.25) is 5.60 Å². The molecular formula is C59H69N6O13S2+. The number of thioether (sulfide) groups is 1. The highest BCUT2D eigenvalue weighted by Crippen LogP contribution is 2.42. The Labute approximate surface area is 474 Å². The second-order valence-electron chi connectivity index (χ2n) is 22.1. The number of nitrogens with one attached hydrogen (secondary N) is 2. The third kappa shape index (κ3) is 16.1. The number of methoxy groups -OCH3 is 2. The maximum atomic E-state index is 14.3. The van der Waals surface area contributed by atoms with Crippen LogP contribution < -0.4 is 24.8 Å². The van der Waals surface area contributed by atoms with Gasteiger partial charge in [0.05, 0.1) is 28.3 Å². The number of hydrogen-bond donors (Lipinski definition) is 3. The van der Waals surface area contributed by atoms with Gasteiger partial charge in [-0.05, 0) is 120 Å². The Morgan fingerprint density at radius 1 is 0.787 bits per heavy atom. The van der Waals surface area contributed by atoms with E-state index in [1.807, 2.05) is 66.7 Å². The second kappa shape index (κ2) is 25.1. The van der Waals surface area contributed by atoms with Crippen LogP contribution in [0.4, 0.5) is 9.93 Å². The Bertz CT molecular complexity index is 3160. The number of thiazole rings is 1. The number of quaternary nitrogens is 1. The van der Waals surface area contributed by atoms with Gasteiger partial charge in [-0.3, -0.25) is 19.8 Å². The summed E-state index contributed by atoms with van der Waals surface area (Å²) < 4.78 is 33.9. The highest BCUT2D eigenvalue weighted by Gasteiger charge is 2.54. The number of carbonyl (C=O) groups excluding carboxylic acids is 5. The van der Waals surface area contributed by atoms with E-state index in [0.717, 1.165) is 39.3 Å². The van der Waals surface area contributed by atoms with E-state index >= 15 is 0 Å². The molecule has 0 spiro atoms. The van der Waals surface area contributed by atoms with Crippen molar-refractivity contribution >= 4 is 69.9 Å². The van der Waals surface area contributed by atoms with Gasteiger partial charge in [0, 0.05) is 22.3 Å². The molecule has 3 N–H and O–H groups in total. The summed E-state index contributed by atoms with van der Waals surface area (Å²) in [6.07, 6.45) is 2.88. The maximum Gasteiger partial charge on any atom is 0.413 e. The van der Waals surface area contributed by atoms with E-state index in [0.29, 0.717) is 40.2 Å². The molecule has 80 heavy (non-hydrogen) atoms. The standard InChI is InChI=1S/C59H68N6O13S2/c1-57(2,3)76-54(70)59(7,8)78-63-47(44-35-80-55(60-44)62-56(71)77-58(4,5)6)50(67)61-48-51(68)64-49(53(69)75-33-39-20-26-43(73-12)27-21-39)41(34-79-52(48)64)23-17-36-13-15-37(16-14-36)30-65(9,10)31-40-22-28-45(66)46(29-40)74-32-38-18-24-42(72-11)25-19-38/h13-29,35,48,52H,30-34H2,1-12H3,(H2-,60,61,62,66,67,71)/p+1/b23-17+,63-47-/t48-,52-/m1/s1. The number of phenols is 1. The molecular weight excluding hydrogens is 1060 g/mol. The minimum absolute atomic E-state index is 0.0295. The molecule has 0 bridgehead atoms. The number of fused-ring (bicyclic) bond motifs is 1. The van der Waals surface area contributed by atoms with E-state index < -0.39 is 63.8 Å². The van der Waals surface area contributed by atoms with Crippen molar-refractivity contribution in [2.24, 2.45) is 5.16 Å². The molecule has 3 amide bonds. The first-order valence-electron chi connectivity index (χ1n) is 25.6. The van der Waals surface area contributed by atoms with Crippen LogP contribution in [0.2, 0.25) is 0 Å². The van der Waals surface area contributed by atoms with Crippen molar-refractivity contribution in [2.75, 3.05) is 39.4 Å². The molecule has 4 aromatic carbocycles. The predicted octanol–water partition coefficient (Wildman–Crippen LogP) is 9.52. The second-order valence-corrected chi connectivity index (χ2v) is 24.1. The summed E-state index contributed by atoms with van der Waals surface area (Å²) >= 11 is 2.31. The summed E-state index contributed by atoms with van der Waals surface area (Å²) in [5, 5.41) is 20.8. The number of esters is 2. The van der Waals surface area contributed by atoms with Gasteiger partial charge in [0.1, 0.15) is 71.8 Å². The Hall–Kier alpha value is -7.88. The highest BCUT2D eigenvalue weighted by molar-refractivity contribution is 8.00. The van der Waals surface area contributed by atoms with Crippen molar-refractivity contribution in [1.29, 1.82) is 0 Å². The van der Waals surface area contributed by atoms with Crippen LogP contribution in [0, 0.1) is 0 Å². The molecule has 0 aliphatic carbocycles. The third-order valence-electron chi connectivity index (χ3n) is 12.1. The van der Waals surface area contributed by atoms with Gasteiger partial charge < -0.3 is 48.2 Å². The number of β-lactam (4-membered cyclic amide) rings is 1. The Balaban J connectivity index is 1.08. The molecule has 424 valence electrons. The van der Waals surface area contributed by atoms with E-state index in [2.05, 4.69) is 34.9 Å². The van der Waals surface area contributed by atoms with Crippen LogP contribution in [0.25, 0.3) is 6.08 Å². The molecule has 0 saturated carbocycles. The molecule has 0 unspecified atom stereocenters. The SMILES string of the molecule is COc1ccc(COC(=O)C2=C(/C=C/c3ccc(C[N+](C)(C)Cc4ccc(O)c(OCc5ccc(OC)cc5)c4)cc3)CS[C@@H]3[C@H](NC(=O)/C(=N\OC(C)(C)C(=O)OC(C)(C)C)c4csc(NC(=O)OC(C)(C)C)n4)C(=O)N23)cc1. The lowest BCUT2D eigenvalue weighted by Gasteiger charge is -2.49. The lowest BCUT2D eigenvalue weighted by molar-refractivity contribution is -0.916. The van der Waals surface area contributed by atoms with Crippen molar-refractivity contribution in [2.45, 2.75) is 110 Å². The normalized spacial score (nSPS) is 15.8. The lowest BCUT2D eigenvalue weighted by atomic mass is 10.0. The molecule has 19 nitrogen and oxygen atoms in total. The van der Waals surface area contributed by atoms with Gasteiger partial charge in [-0.25, -0.2) is 19.4 Å². The van der Waals surface area contributed by atoms with Crippen LogP contribution in [-0.4, -0.2) is 117 Å². The first-order valence-corrected chi connectivity index (χ1v) is 27.5. The molecule has 21 heteroatoms. The first kappa shape index (κ1) is 59.8. The average molecular weight is 1130 g/mol. The van der Waals surface area contributed by atoms with E-state index in [4.69, 9.17) is 33.3 Å². The number of ether oxygens (including phenoxy) is 6. The van der Waals surface area contributed by atoms with Crippen LogP contribution in [0.5, 0.6) is 23.0 Å². The van der Waals surface area contributed by atoms with Gasteiger partial charge >= 0.3 is 18.0 Å². The number of nitrogens with zero attached hydrogens (tertiary/aromatic N) is 4. The Kier molecular flexibility index (Phi) is 18.7. The fourth-order valence-corrected chi connectivity index (χ4v) is 10.2. The van der Waals surface area contributed by atoms with Crippen LogP contribution in [-0.2, 0) is 64.5 Å². The molecule has 2 atom stereocenters. The number of carbonyl (C=O) groups is 5. The van der Waals surface area contributed by atoms with E-state index in [1.165, 1.54) is 35.9 Å². The molecule has 1 fully saturated rings. The number of oxime groups is 1.